The molecule has 132 valence electrons. The summed E-state index contributed by atoms with van der Waals surface area (Å²) in [5.74, 6) is 0.677. The smallest absolute Gasteiger partial charge is 0.387 e. The maximum atomic E-state index is 12.8. The van der Waals surface area contributed by atoms with Gasteiger partial charge >= 0.3 is 6.61 Å². The molecule has 0 aliphatic carbocycles. The number of alkyl halides is 2. The molecule has 4 nitrogen and oxygen atoms in total. The molecule has 0 N–H and O–H groups in total. The molecule has 2 aromatic carbocycles. The number of methoxy groups -OCH3 is 1. The van der Waals surface area contributed by atoms with E-state index in [4.69, 9.17) is 4.74 Å². The highest BCUT2D eigenvalue weighted by atomic mass is 19.3. The standard InChI is InChI=1S/C19H19F2NO3/c1-24-16-5-2-4-14(12-16)17-6-3-11-22(17)18(23)13-7-9-15(10-8-13)25-19(20)21/h2,4-5,7-10,12,17,19H,3,6,11H2,1H3. The normalized spacial score (nSPS) is 17.0. The van der Waals surface area contributed by atoms with E-state index < -0.39 is 6.61 Å². The zero-order valence-electron chi connectivity index (χ0n) is 13.8. The van der Waals surface area contributed by atoms with Crippen LogP contribution in [0.5, 0.6) is 11.5 Å². The number of halogens is 2. The Bertz CT molecular complexity index is 734. The molecule has 1 saturated heterocycles. The maximum absolute atomic E-state index is 12.8. The Balaban J connectivity index is 1.78. The van der Waals surface area contributed by atoms with Crippen LogP contribution in [0.2, 0.25) is 0 Å². The monoisotopic (exact) mass is 347 g/mol. The Labute approximate surface area is 145 Å². The van der Waals surface area contributed by atoms with Crippen molar-refractivity contribution in [2.24, 2.45) is 0 Å². The van der Waals surface area contributed by atoms with E-state index in [0.717, 1.165) is 24.2 Å². The molecule has 0 radical (unpaired) electrons. The number of likely N-dealkylation sites (tertiary alicyclic amines) is 1. The minimum absolute atomic E-state index is 0.0143. The van der Waals surface area contributed by atoms with Crippen molar-refractivity contribution in [3.8, 4) is 11.5 Å². The summed E-state index contributed by atoms with van der Waals surface area (Å²) in [7, 11) is 1.61. The second-order valence-corrected chi connectivity index (χ2v) is 5.84. The van der Waals surface area contributed by atoms with Gasteiger partial charge in [0.2, 0.25) is 0 Å². The SMILES string of the molecule is COc1cccc(C2CCCN2C(=O)c2ccc(OC(F)F)cc2)c1. The van der Waals surface area contributed by atoms with Gasteiger partial charge in [-0.25, -0.2) is 0 Å². The third kappa shape index (κ3) is 3.90. The zero-order chi connectivity index (χ0) is 17.8. The molecule has 1 aliphatic rings. The van der Waals surface area contributed by atoms with Crippen molar-refractivity contribution in [1.82, 2.24) is 4.90 Å². The lowest BCUT2D eigenvalue weighted by Gasteiger charge is -2.25. The lowest BCUT2D eigenvalue weighted by Crippen LogP contribution is -2.30. The number of carbonyl (C=O) groups excluding carboxylic acids is 1. The molecule has 0 aromatic heterocycles. The summed E-state index contributed by atoms with van der Waals surface area (Å²) in [6.45, 7) is -2.21. The number of hydrogen-bond donors (Lipinski definition) is 0. The maximum Gasteiger partial charge on any atom is 0.387 e. The predicted octanol–water partition coefficient (Wildman–Crippen LogP) is 4.27. The summed E-state index contributed by atoms with van der Waals surface area (Å²) in [6, 6.07) is 13.5. The summed E-state index contributed by atoms with van der Waals surface area (Å²) in [4.78, 5) is 14.6. The molecule has 0 saturated carbocycles. The van der Waals surface area contributed by atoms with Crippen LogP contribution in [0, 0.1) is 0 Å². The van der Waals surface area contributed by atoms with Crippen molar-refractivity contribution in [1.29, 1.82) is 0 Å². The third-order valence-electron chi connectivity index (χ3n) is 4.32. The van der Waals surface area contributed by atoms with Gasteiger partial charge < -0.3 is 14.4 Å². The van der Waals surface area contributed by atoms with Gasteiger partial charge in [-0.15, -0.1) is 0 Å². The summed E-state index contributed by atoms with van der Waals surface area (Å²) in [5, 5.41) is 0. The average molecular weight is 347 g/mol. The molecule has 0 bridgehead atoms. The minimum atomic E-state index is -2.88. The van der Waals surface area contributed by atoms with E-state index in [1.807, 2.05) is 29.2 Å². The van der Waals surface area contributed by atoms with Crippen molar-refractivity contribution in [2.75, 3.05) is 13.7 Å². The number of nitrogens with zero attached hydrogens (tertiary/aromatic N) is 1. The highest BCUT2D eigenvalue weighted by Crippen LogP contribution is 2.34. The Morgan fingerprint density at radius 2 is 1.92 bits per heavy atom. The third-order valence-corrected chi connectivity index (χ3v) is 4.32. The fourth-order valence-corrected chi connectivity index (χ4v) is 3.15. The molecular formula is C19H19F2NO3. The van der Waals surface area contributed by atoms with Crippen molar-refractivity contribution < 1.29 is 23.0 Å². The molecule has 1 heterocycles. The molecule has 1 unspecified atom stereocenters. The largest absolute Gasteiger partial charge is 0.497 e. The number of benzene rings is 2. The van der Waals surface area contributed by atoms with E-state index in [-0.39, 0.29) is 17.7 Å². The number of carbonyl (C=O) groups is 1. The summed E-state index contributed by atoms with van der Waals surface area (Å²) in [6.07, 6.45) is 1.80. The lowest BCUT2D eigenvalue weighted by molar-refractivity contribution is -0.0498. The summed E-state index contributed by atoms with van der Waals surface area (Å²) in [5.41, 5.74) is 1.49. The lowest BCUT2D eigenvalue weighted by atomic mass is 10.0. The number of amides is 1. The van der Waals surface area contributed by atoms with Crippen LogP contribution in [0.25, 0.3) is 0 Å². The highest BCUT2D eigenvalue weighted by molar-refractivity contribution is 5.94. The van der Waals surface area contributed by atoms with Gasteiger partial charge in [-0.05, 0) is 54.8 Å². The van der Waals surface area contributed by atoms with Crippen LogP contribution >= 0.6 is 0 Å². The van der Waals surface area contributed by atoms with Crippen LogP contribution in [0.1, 0.15) is 34.8 Å². The van der Waals surface area contributed by atoms with E-state index in [9.17, 15) is 13.6 Å². The number of ether oxygens (including phenoxy) is 2. The van der Waals surface area contributed by atoms with E-state index in [2.05, 4.69) is 4.74 Å². The van der Waals surface area contributed by atoms with Gasteiger partial charge in [-0.1, -0.05) is 12.1 Å². The van der Waals surface area contributed by atoms with Gasteiger partial charge in [0.05, 0.1) is 13.2 Å². The molecule has 1 aliphatic heterocycles. The Morgan fingerprint density at radius 3 is 2.60 bits per heavy atom. The first-order valence-corrected chi connectivity index (χ1v) is 8.08. The first-order valence-electron chi connectivity index (χ1n) is 8.08. The molecular weight excluding hydrogens is 328 g/mol. The predicted molar refractivity (Wildman–Crippen MR) is 89.1 cm³/mol. The van der Waals surface area contributed by atoms with Gasteiger partial charge in [-0.2, -0.15) is 8.78 Å². The topological polar surface area (TPSA) is 38.8 Å². The van der Waals surface area contributed by atoms with Crippen LogP contribution in [-0.2, 0) is 0 Å². The first-order chi connectivity index (χ1) is 12.1. The van der Waals surface area contributed by atoms with E-state index >= 15 is 0 Å². The molecule has 3 rings (SSSR count). The number of hydrogen-bond acceptors (Lipinski definition) is 3. The molecule has 1 amide bonds. The molecule has 1 fully saturated rings. The fraction of sp³-hybridized carbons (Fsp3) is 0.316. The van der Waals surface area contributed by atoms with Gasteiger partial charge in [0, 0.05) is 12.1 Å². The van der Waals surface area contributed by atoms with Crippen molar-refractivity contribution in [2.45, 2.75) is 25.5 Å². The Morgan fingerprint density at radius 1 is 1.16 bits per heavy atom. The molecule has 0 spiro atoms. The van der Waals surface area contributed by atoms with Gasteiger partial charge in [0.1, 0.15) is 11.5 Å². The van der Waals surface area contributed by atoms with Crippen LogP contribution in [0.3, 0.4) is 0 Å². The van der Waals surface area contributed by atoms with E-state index in [0.29, 0.717) is 12.1 Å². The average Bonchev–Trinajstić information content (AvgIpc) is 3.11. The molecule has 6 heteroatoms. The quantitative estimate of drug-likeness (QED) is 0.811. The molecule has 1 atom stereocenters. The van der Waals surface area contributed by atoms with Gasteiger partial charge in [0.15, 0.2) is 0 Å². The van der Waals surface area contributed by atoms with Crippen LogP contribution in [0.15, 0.2) is 48.5 Å². The van der Waals surface area contributed by atoms with Crippen molar-refractivity contribution in [3.05, 3.63) is 59.7 Å². The van der Waals surface area contributed by atoms with E-state index in [1.54, 1.807) is 7.11 Å². The van der Waals surface area contributed by atoms with E-state index in [1.165, 1.54) is 24.3 Å². The van der Waals surface area contributed by atoms with Crippen LogP contribution < -0.4 is 9.47 Å². The second-order valence-electron chi connectivity index (χ2n) is 5.84. The zero-order valence-corrected chi connectivity index (χ0v) is 13.8. The fourth-order valence-electron chi connectivity index (χ4n) is 3.15. The Kier molecular flexibility index (Phi) is 5.16. The minimum Gasteiger partial charge on any atom is -0.497 e. The first kappa shape index (κ1) is 17.2. The Hall–Kier alpha value is -2.63. The second kappa shape index (κ2) is 7.51. The number of rotatable bonds is 5. The van der Waals surface area contributed by atoms with Crippen molar-refractivity contribution in [3.63, 3.8) is 0 Å². The van der Waals surface area contributed by atoms with Crippen molar-refractivity contribution >= 4 is 5.91 Å². The highest BCUT2D eigenvalue weighted by Gasteiger charge is 2.30. The van der Waals surface area contributed by atoms with Gasteiger partial charge in [-0.3, -0.25) is 4.79 Å². The summed E-state index contributed by atoms with van der Waals surface area (Å²) >= 11 is 0. The molecule has 2 aromatic rings. The van der Waals surface area contributed by atoms with Crippen LogP contribution in [0.4, 0.5) is 8.78 Å². The molecule has 25 heavy (non-hydrogen) atoms. The summed E-state index contributed by atoms with van der Waals surface area (Å²) < 4.78 is 34.0. The van der Waals surface area contributed by atoms with Crippen LogP contribution in [-0.4, -0.2) is 31.1 Å². The van der Waals surface area contributed by atoms with Gasteiger partial charge in [0.25, 0.3) is 5.91 Å².